The molecule has 2 aliphatic heterocycles. The number of anilines is 2. The van der Waals surface area contributed by atoms with Gasteiger partial charge in [0.1, 0.15) is 0 Å². The van der Waals surface area contributed by atoms with Crippen molar-refractivity contribution >= 4 is 39.1 Å². The lowest BCUT2D eigenvalue weighted by atomic mass is 10.1. The fraction of sp³-hybridized carbons (Fsp3) is 0.269. The second kappa shape index (κ2) is 9.57. The number of hydrogen-bond donors (Lipinski definition) is 0. The van der Waals surface area contributed by atoms with Gasteiger partial charge < -0.3 is 0 Å². The van der Waals surface area contributed by atoms with Crippen LogP contribution in [-0.4, -0.2) is 31.7 Å². The van der Waals surface area contributed by atoms with E-state index in [2.05, 4.69) is 0 Å². The number of carbonyl (C=O) groups excluding carboxylic acids is 1. The zero-order valence-electron chi connectivity index (χ0n) is 19.2. The predicted molar refractivity (Wildman–Crippen MR) is 132 cm³/mol. The SMILES string of the molecule is O=C(c1cccc(S(=O)(=O)N2CCCCCC2)c1)N1c2ccccc2Sc2ccc(C(F)(F)F)cc21. The van der Waals surface area contributed by atoms with Crippen molar-refractivity contribution in [3.05, 3.63) is 77.9 Å². The minimum Gasteiger partial charge on any atom is -0.275 e. The van der Waals surface area contributed by atoms with Crippen molar-refractivity contribution in [1.29, 1.82) is 0 Å². The lowest BCUT2D eigenvalue weighted by Gasteiger charge is -2.32. The summed E-state index contributed by atoms with van der Waals surface area (Å²) < 4.78 is 68.6. The Balaban J connectivity index is 1.58. The van der Waals surface area contributed by atoms with Crippen LogP contribution in [0.4, 0.5) is 24.5 Å². The van der Waals surface area contributed by atoms with Crippen LogP contribution in [0.25, 0.3) is 0 Å². The molecule has 0 aromatic heterocycles. The normalized spacial score (nSPS) is 16.7. The van der Waals surface area contributed by atoms with E-state index in [1.807, 2.05) is 0 Å². The molecule has 1 saturated heterocycles. The summed E-state index contributed by atoms with van der Waals surface area (Å²) in [4.78, 5) is 16.3. The summed E-state index contributed by atoms with van der Waals surface area (Å²) in [5, 5.41) is 0. The number of benzene rings is 3. The van der Waals surface area contributed by atoms with Crippen LogP contribution in [-0.2, 0) is 16.2 Å². The third-order valence-corrected chi connectivity index (χ3v) is 9.37. The number of hydrogen-bond acceptors (Lipinski definition) is 4. The average molecular weight is 533 g/mol. The van der Waals surface area contributed by atoms with E-state index in [9.17, 15) is 26.4 Å². The van der Waals surface area contributed by atoms with E-state index < -0.39 is 27.7 Å². The molecule has 1 amide bonds. The third kappa shape index (κ3) is 4.65. The standard InChI is InChI=1S/C26H23F3N2O3S2/c27-26(28,29)19-12-13-24-22(17-19)31(21-10-3-4-11-23(21)35-24)25(32)18-8-7-9-20(16-18)36(33,34)30-14-5-1-2-6-15-30/h3-4,7-13,16-17H,1-2,5-6,14-15H2. The van der Waals surface area contributed by atoms with Crippen molar-refractivity contribution in [1.82, 2.24) is 4.31 Å². The first-order valence-corrected chi connectivity index (χ1v) is 13.8. The maximum absolute atomic E-state index is 13.8. The van der Waals surface area contributed by atoms with Crippen LogP contribution >= 0.6 is 11.8 Å². The predicted octanol–water partition coefficient (Wildman–Crippen LogP) is 6.71. The number of amides is 1. The Morgan fingerprint density at radius 3 is 2.22 bits per heavy atom. The lowest BCUT2D eigenvalue weighted by Crippen LogP contribution is -2.32. The van der Waals surface area contributed by atoms with Crippen LogP contribution in [0.15, 0.2) is 81.4 Å². The highest BCUT2D eigenvalue weighted by Gasteiger charge is 2.35. The fourth-order valence-electron chi connectivity index (χ4n) is 4.50. The van der Waals surface area contributed by atoms with Gasteiger partial charge in [-0.15, -0.1) is 0 Å². The van der Waals surface area contributed by atoms with E-state index in [1.165, 1.54) is 51.3 Å². The number of rotatable bonds is 3. The zero-order valence-corrected chi connectivity index (χ0v) is 20.8. The van der Waals surface area contributed by atoms with Crippen molar-refractivity contribution in [2.24, 2.45) is 0 Å². The van der Waals surface area contributed by atoms with Crippen LogP contribution in [0.5, 0.6) is 0 Å². The Labute approximate surface area is 212 Å². The van der Waals surface area contributed by atoms with Gasteiger partial charge in [-0.2, -0.15) is 17.5 Å². The second-order valence-corrected chi connectivity index (χ2v) is 11.8. The molecule has 2 heterocycles. The number of para-hydroxylation sites is 1. The maximum Gasteiger partial charge on any atom is 0.416 e. The van der Waals surface area contributed by atoms with E-state index in [1.54, 1.807) is 24.3 Å². The molecule has 3 aromatic carbocycles. The summed E-state index contributed by atoms with van der Waals surface area (Å²) >= 11 is 1.28. The summed E-state index contributed by atoms with van der Waals surface area (Å²) in [6, 6.07) is 16.0. The Hall–Kier alpha value is -2.82. The van der Waals surface area contributed by atoms with Crippen LogP contribution in [0.2, 0.25) is 0 Å². The molecule has 3 aromatic rings. The summed E-state index contributed by atoms with van der Waals surface area (Å²) in [6.07, 6.45) is -1.09. The number of halogens is 3. The van der Waals surface area contributed by atoms with Gasteiger partial charge in [0.05, 0.1) is 21.8 Å². The summed E-state index contributed by atoms with van der Waals surface area (Å²) in [7, 11) is -3.81. The lowest BCUT2D eigenvalue weighted by molar-refractivity contribution is -0.137. The molecular weight excluding hydrogens is 509 g/mol. The first-order valence-electron chi connectivity index (χ1n) is 11.6. The molecule has 1 fully saturated rings. The van der Waals surface area contributed by atoms with Crippen molar-refractivity contribution in [2.75, 3.05) is 18.0 Å². The van der Waals surface area contributed by atoms with Crippen molar-refractivity contribution in [2.45, 2.75) is 46.5 Å². The summed E-state index contributed by atoms with van der Waals surface area (Å²) in [5.74, 6) is -0.601. The van der Waals surface area contributed by atoms with Gasteiger partial charge in [0.15, 0.2) is 0 Å². The van der Waals surface area contributed by atoms with Gasteiger partial charge in [0.2, 0.25) is 10.0 Å². The van der Waals surface area contributed by atoms with Crippen LogP contribution in [0.3, 0.4) is 0 Å². The Morgan fingerprint density at radius 1 is 0.806 bits per heavy atom. The Morgan fingerprint density at radius 2 is 1.50 bits per heavy atom. The van der Waals surface area contributed by atoms with Gasteiger partial charge in [0.25, 0.3) is 5.91 Å². The highest BCUT2D eigenvalue weighted by Crippen LogP contribution is 2.50. The number of sulfonamides is 1. The highest BCUT2D eigenvalue weighted by atomic mass is 32.2. The zero-order chi connectivity index (χ0) is 25.5. The maximum atomic E-state index is 13.8. The molecule has 0 N–H and O–H groups in total. The molecule has 36 heavy (non-hydrogen) atoms. The van der Waals surface area contributed by atoms with E-state index >= 15 is 0 Å². The first kappa shape index (κ1) is 24.9. The molecule has 0 bridgehead atoms. The Kier molecular flexibility index (Phi) is 6.61. The van der Waals surface area contributed by atoms with Gasteiger partial charge in [-0.3, -0.25) is 9.69 Å². The van der Waals surface area contributed by atoms with Gasteiger partial charge in [-0.25, -0.2) is 8.42 Å². The monoisotopic (exact) mass is 532 g/mol. The van der Waals surface area contributed by atoms with Crippen molar-refractivity contribution < 1.29 is 26.4 Å². The number of carbonyl (C=O) groups is 1. The van der Waals surface area contributed by atoms with E-state index in [0.29, 0.717) is 28.6 Å². The molecule has 0 atom stereocenters. The van der Waals surface area contributed by atoms with Gasteiger partial charge in [0, 0.05) is 28.4 Å². The number of nitrogens with zero attached hydrogens (tertiary/aromatic N) is 2. The second-order valence-electron chi connectivity index (χ2n) is 8.74. The summed E-state index contributed by atoms with van der Waals surface area (Å²) in [6.45, 7) is 0.843. The molecule has 5 nitrogen and oxygen atoms in total. The largest absolute Gasteiger partial charge is 0.416 e. The summed E-state index contributed by atoms with van der Waals surface area (Å²) in [5.41, 5.74) is -0.230. The van der Waals surface area contributed by atoms with E-state index in [4.69, 9.17) is 0 Å². The molecule has 188 valence electrons. The smallest absolute Gasteiger partial charge is 0.275 e. The number of alkyl halides is 3. The number of fused-ring (bicyclic) bond motifs is 2. The van der Waals surface area contributed by atoms with Crippen molar-refractivity contribution in [3.63, 3.8) is 0 Å². The third-order valence-electron chi connectivity index (χ3n) is 6.34. The topological polar surface area (TPSA) is 57.7 Å². The van der Waals surface area contributed by atoms with Crippen LogP contribution in [0, 0.1) is 0 Å². The van der Waals surface area contributed by atoms with Gasteiger partial charge in [-0.05, 0) is 61.4 Å². The molecule has 2 aliphatic rings. The van der Waals surface area contributed by atoms with Gasteiger partial charge in [-0.1, -0.05) is 42.8 Å². The Bertz CT molecular complexity index is 1420. The highest BCUT2D eigenvalue weighted by molar-refractivity contribution is 7.99. The minimum absolute atomic E-state index is 0.000754. The van der Waals surface area contributed by atoms with E-state index in [-0.39, 0.29) is 16.1 Å². The quantitative estimate of drug-likeness (QED) is 0.376. The van der Waals surface area contributed by atoms with Gasteiger partial charge >= 0.3 is 6.18 Å². The molecule has 0 aliphatic carbocycles. The fourth-order valence-corrected chi connectivity index (χ4v) is 7.10. The first-order chi connectivity index (χ1) is 17.2. The molecular formula is C26H23F3N2O3S2. The molecule has 0 unspecified atom stereocenters. The molecule has 0 saturated carbocycles. The molecule has 0 spiro atoms. The molecule has 0 radical (unpaired) electrons. The van der Waals surface area contributed by atoms with E-state index in [0.717, 1.165) is 37.8 Å². The molecule has 5 rings (SSSR count). The minimum atomic E-state index is -4.58. The molecule has 10 heteroatoms. The van der Waals surface area contributed by atoms with Crippen LogP contribution < -0.4 is 4.90 Å². The average Bonchev–Trinajstić information content (AvgIpc) is 3.16. The van der Waals surface area contributed by atoms with Crippen LogP contribution in [0.1, 0.15) is 41.6 Å². The van der Waals surface area contributed by atoms with Crippen molar-refractivity contribution in [3.8, 4) is 0 Å².